The summed E-state index contributed by atoms with van der Waals surface area (Å²) in [6, 6.07) is 18.2. The van der Waals surface area contributed by atoms with E-state index in [1.54, 1.807) is 14.2 Å². The average molecular weight is 355 g/mol. The van der Waals surface area contributed by atoms with Gasteiger partial charge in [-0.1, -0.05) is 48.5 Å². The Morgan fingerprint density at radius 1 is 1.00 bits per heavy atom. The van der Waals surface area contributed by atoms with E-state index in [1.165, 1.54) is 5.56 Å². The van der Waals surface area contributed by atoms with Gasteiger partial charge >= 0.3 is 0 Å². The molecular formula is C21H29N3O2. The molecule has 1 atom stereocenters. The van der Waals surface area contributed by atoms with Crippen molar-refractivity contribution < 1.29 is 9.47 Å². The zero-order valence-electron chi connectivity index (χ0n) is 15.9. The normalized spacial score (nSPS) is 12.5. The van der Waals surface area contributed by atoms with Crippen LogP contribution in [0.4, 0.5) is 0 Å². The van der Waals surface area contributed by atoms with E-state index >= 15 is 0 Å². The van der Waals surface area contributed by atoms with Gasteiger partial charge in [0.25, 0.3) is 0 Å². The molecule has 0 aliphatic carbocycles. The van der Waals surface area contributed by atoms with E-state index in [0.29, 0.717) is 6.54 Å². The van der Waals surface area contributed by atoms with Crippen LogP contribution in [0.5, 0.6) is 5.75 Å². The Morgan fingerprint density at radius 3 is 2.42 bits per heavy atom. The summed E-state index contributed by atoms with van der Waals surface area (Å²) in [4.78, 5) is 4.67. The van der Waals surface area contributed by atoms with Gasteiger partial charge in [-0.2, -0.15) is 0 Å². The lowest BCUT2D eigenvalue weighted by atomic mass is 10.1. The molecule has 0 radical (unpaired) electrons. The smallest absolute Gasteiger partial charge is 0.191 e. The fraction of sp³-hybridized carbons (Fsp3) is 0.381. The lowest BCUT2D eigenvalue weighted by Crippen LogP contribution is -2.38. The van der Waals surface area contributed by atoms with E-state index in [4.69, 9.17) is 9.47 Å². The minimum atomic E-state index is -0.0547. The summed E-state index contributed by atoms with van der Waals surface area (Å²) in [7, 11) is 3.42. The average Bonchev–Trinajstić information content (AvgIpc) is 2.69. The summed E-state index contributed by atoms with van der Waals surface area (Å²) >= 11 is 0. The van der Waals surface area contributed by atoms with Crippen molar-refractivity contribution in [3.8, 4) is 5.75 Å². The number of benzene rings is 2. The first-order valence-electron chi connectivity index (χ1n) is 9.00. The molecule has 140 valence electrons. The number of nitrogens with one attached hydrogen (secondary N) is 2. The Kier molecular flexibility index (Phi) is 8.49. The molecule has 0 bridgehead atoms. The van der Waals surface area contributed by atoms with Crippen LogP contribution in [0.3, 0.4) is 0 Å². The monoisotopic (exact) mass is 355 g/mol. The first-order chi connectivity index (χ1) is 12.8. The molecule has 5 heteroatoms. The van der Waals surface area contributed by atoms with Gasteiger partial charge < -0.3 is 20.1 Å². The number of nitrogens with zero attached hydrogens (tertiary/aromatic N) is 1. The lowest BCUT2D eigenvalue weighted by molar-refractivity contribution is 0.111. The number of hydrogen-bond acceptors (Lipinski definition) is 3. The van der Waals surface area contributed by atoms with Crippen LogP contribution < -0.4 is 15.4 Å². The Hall–Kier alpha value is -2.53. The summed E-state index contributed by atoms with van der Waals surface area (Å²) < 4.78 is 11.0. The Bertz CT molecular complexity index is 674. The van der Waals surface area contributed by atoms with Gasteiger partial charge in [0, 0.05) is 20.2 Å². The van der Waals surface area contributed by atoms with E-state index in [2.05, 4.69) is 40.7 Å². The predicted octanol–water partition coefficient (Wildman–Crippen LogP) is 3.18. The quantitative estimate of drug-likeness (QED) is 0.536. The largest absolute Gasteiger partial charge is 0.496 e. The fourth-order valence-electron chi connectivity index (χ4n) is 2.72. The molecule has 0 aliphatic heterocycles. The molecule has 0 heterocycles. The van der Waals surface area contributed by atoms with Gasteiger partial charge in [-0.15, -0.1) is 0 Å². The first-order valence-corrected chi connectivity index (χ1v) is 9.00. The van der Waals surface area contributed by atoms with Gasteiger partial charge in [0.15, 0.2) is 5.96 Å². The molecular weight excluding hydrogens is 326 g/mol. The SMILES string of the molecule is CCNC(=NCC(OC)c1ccccc1)NCCc1ccccc1OC. The molecule has 0 aromatic heterocycles. The number of aliphatic imine (C=N–C) groups is 1. The minimum Gasteiger partial charge on any atom is -0.496 e. The molecule has 26 heavy (non-hydrogen) atoms. The van der Waals surface area contributed by atoms with E-state index in [1.807, 2.05) is 36.4 Å². The van der Waals surface area contributed by atoms with E-state index in [-0.39, 0.29) is 6.10 Å². The second-order valence-corrected chi connectivity index (χ2v) is 5.84. The van der Waals surface area contributed by atoms with Crippen LogP contribution >= 0.6 is 0 Å². The third-order valence-electron chi connectivity index (χ3n) is 4.09. The summed E-state index contributed by atoms with van der Waals surface area (Å²) in [6.07, 6.45) is 0.807. The Labute approximate surface area is 156 Å². The maximum absolute atomic E-state index is 5.59. The summed E-state index contributed by atoms with van der Waals surface area (Å²) in [5, 5.41) is 6.66. The van der Waals surface area contributed by atoms with Crippen LogP contribution in [0.1, 0.15) is 24.2 Å². The highest BCUT2D eigenvalue weighted by molar-refractivity contribution is 5.79. The molecule has 0 amide bonds. The molecule has 5 nitrogen and oxygen atoms in total. The van der Waals surface area contributed by atoms with Crippen molar-refractivity contribution in [1.82, 2.24) is 10.6 Å². The van der Waals surface area contributed by atoms with Crippen LogP contribution in [0, 0.1) is 0 Å². The highest BCUT2D eigenvalue weighted by Crippen LogP contribution is 2.17. The molecule has 2 aromatic carbocycles. The number of methoxy groups -OCH3 is 2. The summed E-state index contributed by atoms with van der Waals surface area (Å²) in [6.45, 7) is 4.20. The van der Waals surface area contributed by atoms with Gasteiger partial charge in [0.05, 0.1) is 13.7 Å². The van der Waals surface area contributed by atoms with Crippen molar-refractivity contribution in [2.45, 2.75) is 19.4 Å². The number of rotatable bonds is 9. The van der Waals surface area contributed by atoms with Crippen LogP contribution in [-0.4, -0.2) is 39.8 Å². The molecule has 2 aromatic rings. The van der Waals surface area contributed by atoms with Crippen LogP contribution in [0.15, 0.2) is 59.6 Å². The fourth-order valence-corrected chi connectivity index (χ4v) is 2.72. The second-order valence-electron chi connectivity index (χ2n) is 5.84. The molecule has 2 rings (SSSR count). The van der Waals surface area contributed by atoms with E-state index < -0.39 is 0 Å². The molecule has 0 spiro atoms. The molecule has 0 fully saturated rings. The zero-order chi connectivity index (χ0) is 18.6. The molecule has 1 unspecified atom stereocenters. The number of para-hydroxylation sites is 1. The van der Waals surface area contributed by atoms with E-state index in [0.717, 1.165) is 36.8 Å². The van der Waals surface area contributed by atoms with Gasteiger partial charge in [0.1, 0.15) is 11.9 Å². The van der Waals surface area contributed by atoms with Gasteiger partial charge in [-0.25, -0.2) is 0 Å². The van der Waals surface area contributed by atoms with Crippen LogP contribution in [0.25, 0.3) is 0 Å². The number of ether oxygens (including phenoxy) is 2. The van der Waals surface area contributed by atoms with Crippen LogP contribution in [-0.2, 0) is 11.2 Å². The van der Waals surface area contributed by atoms with Crippen molar-refractivity contribution in [3.05, 3.63) is 65.7 Å². The van der Waals surface area contributed by atoms with Crippen molar-refractivity contribution in [2.24, 2.45) is 4.99 Å². The molecule has 0 saturated heterocycles. The van der Waals surface area contributed by atoms with Crippen molar-refractivity contribution in [2.75, 3.05) is 33.9 Å². The van der Waals surface area contributed by atoms with Crippen molar-refractivity contribution in [1.29, 1.82) is 0 Å². The maximum Gasteiger partial charge on any atom is 0.191 e. The maximum atomic E-state index is 5.59. The third-order valence-corrected chi connectivity index (χ3v) is 4.09. The lowest BCUT2D eigenvalue weighted by Gasteiger charge is -2.16. The van der Waals surface area contributed by atoms with Crippen molar-refractivity contribution >= 4 is 5.96 Å². The molecule has 0 aliphatic rings. The third kappa shape index (κ3) is 6.08. The molecule has 2 N–H and O–H groups in total. The van der Waals surface area contributed by atoms with Gasteiger partial charge in [-0.05, 0) is 30.5 Å². The Morgan fingerprint density at radius 2 is 1.73 bits per heavy atom. The standard InChI is InChI=1S/C21H29N3O2/c1-4-22-21(23-15-14-18-12-8-9-13-19(18)25-2)24-16-20(26-3)17-10-6-5-7-11-17/h5-13,20H,4,14-16H2,1-3H3,(H2,22,23,24). The topological polar surface area (TPSA) is 54.9 Å². The number of guanidine groups is 1. The van der Waals surface area contributed by atoms with Gasteiger partial charge in [-0.3, -0.25) is 4.99 Å². The predicted molar refractivity (Wildman–Crippen MR) is 107 cm³/mol. The van der Waals surface area contributed by atoms with Gasteiger partial charge in [0.2, 0.25) is 0 Å². The minimum absolute atomic E-state index is 0.0547. The highest BCUT2D eigenvalue weighted by Gasteiger charge is 2.10. The Balaban J connectivity index is 1.93. The van der Waals surface area contributed by atoms with Crippen molar-refractivity contribution in [3.63, 3.8) is 0 Å². The highest BCUT2D eigenvalue weighted by atomic mass is 16.5. The second kappa shape index (κ2) is 11.2. The molecule has 0 saturated carbocycles. The van der Waals surface area contributed by atoms with Crippen LogP contribution in [0.2, 0.25) is 0 Å². The summed E-state index contributed by atoms with van der Waals surface area (Å²) in [5.74, 6) is 1.71. The summed E-state index contributed by atoms with van der Waals surface area (Å²) in [5.41, 5.74) is 2.31. The zero-order valence-corrected chi connectivity index (χ0v) is 15.9. The number of hydrogen-bond donors (Lipinski definition) is 2. The first kappa shape index (κ1) is 19.8. The van der Waals surface area contributed by atoms with E-state index in [9.17, 15) is 0 Å².